The second-order valence-electron chi connectivity index (χ2n) is 4.18. The molecular formula is C14H20ClN3. The molecule has 0 bridgehead atoms. The normalized spacial score (nSPS) is 10.1. The van der Waals surface area contributed by atoms with Crippen LogP contribution in [0.15, 0.2) is 36.7 Å². The average molecular weight is 266 g/mol. The molecule has 0 aliphatic heterocycles. The lowest BCUT2D eigenvalue weighted by atomic mass is 10.1. The molecular weight excluding hydrogens is 246 g/mol. The Bertz CT molecular complexity index is 468. The highest BCUT2D eigenvalue weighted by Crippen LogP contribution is 2.21. The summed E-state index contributed by atoms with van der Waals surface area (Å²) in [6, 6.07) is 8.32. The Hall–Kier alpha value is -1.32. The van der Waals surface area contributed by atoms with Gasteiger partial charge in [-0.15, -0.1) is 12.4 Å². The first-order valence-electron chi connectivity index (χ1n) is 6.18. The van der Waals surface area contributed by atoms with Crippen LogP contribution in [0.1, 0.15) is 19.3 Å². The van der Waals surface area contributed by atoms with Gasteiger partial charge in [-0.05, 0) is 31.5 Å². The van der Waals surface area contributed by atoms with Gasteiger partial charge in [0, 0.05) is 35.4 Å². The van der Waals surface area contributed by atoms with Crippen molar-refractivity contribution >= 4 is 28.9 Å². The fourth-order valence-corrected chi connectivity index (χ4v) is 1.95. The Morgan fingerprint density at radius 1 is 1.11 bits per heavy atom. The van der Waals surface area contributed by atoms with E-state index in [2.05, 4.69) is 34.6 Å². The molecule has 0 saturated heterocycles. The van der Waals surface area contributed by atoms with Crippen molar-refractivity contribution < 1.29 is 0 Å². The van der Waals surface area contributed by atoms with E-state index in [1.54, 1.807) is 0 Å². The summed E-state index contributed by atoms with van der Waals surface area (Å²) in [5, 5.41) is 5.90. The van der Waals surface area contributed by atoms with Gasteiger partial charge in [0.2, 0.25) is 0 Å². The predicted molar refractivity (Wildman–Crippen MR) is 80.4 cm³/mol. The summed E-state index contributed by atoms with van der Waals surface area (Å²) in [5.74, 6) is 0. The summed E-state index contributed by atoms with van der Waals surface area (Å²) < 4.78 is 0. The lowest BCUT2D eigenvalue weighted by molar-refractivity contribution is 0.707. The molecule has 98 valence electrons. The Morgan fingerprint density at radius 2 is 2.00 bits per heavy atom. The number of benzene rings is 1. The number of pyridine rings is 1. The van der Waals surface area contributed by atoms with Crippen molar-refractivity contribution in [1.82, 2.24) is 4.98 Å². The third kappa shape index (κ3) is 3.86. The Balaban J connectivity index is 0.00000162. The van der Waals surface area contributed by atoms with E-state index in [1.165, 1.54) is 29.3 Å². The molecule has 0 radical (unpaired) electrons. The molecule has 3 N–H and O–H groups in total. The smallest absolute Gasteiger partial charge is 0.0420 e. The summed E-state index contributed by atoms with van der Waals surface area (Å²) >= 11 is 0. The van der Waals surface area contributed by atoms with E-state index in [9.17, 15) is 0 Å². The van der Waals surface area contributed by atoms with Crippen LogP contribution < -0.4 is 11.1 Å². The number of rotatable bonds is 6. The molecule has 0 fully saturated rings. The zero-order valence-corrected chi connectivity index (χ0v) is 11.2. The van der Waals surface area contributed by atoms with E-state index in [-0.39, 0.29) is 12.4 Å². The summed E-state index contributed by atoms with van der Waals surface area (Å²) in [6.45, 7) is 1.79. The first kappa shape index (κ1) is 14.7. The summed E-state index contributed by atoms with van der Waals surface area (Å²) in [5.41, 5.74) is 6.66. The Kier molecular flexibility index (Phi) is 6.47. The predicted octanol–water partition coefficient (Wildman–Crippen LogP) is 3.20. The zero-order chi connectivity index (χ0) is 11.9. The number of hydrogen-bond donors (Lipinski definition) is 2. The first-order valence-corrected chi connectivity index (χ1v) is 6.18. The minimum absolute atomic E-state index is 0. The first-order chi connectivity index (χ1) is 8.42. The molecule has 0 aliphatic rings. The fourth-order valence-electron chi connectivity index (χ4n) is 1.95. The molecule has 18 heavy (non-hydrogen) atoms. The van der Waals surface area contributed by atoms with Gasteiger partial charge in [0.1, 0.15) is 0 Å². The third-order valence-corrected chi connectivity index (χ3v) is 2.88. The van der Waals surface area contributed by atoms with Crippen molar-refractivity contribution in [2.24, 2.45) is 5.73 Å². The molecule has 2 aromatic rings. The summed E-state index contributed by atoms with van der Waals surface area (Å²) in [6.07, 6.45) is 7.20. The van der Waals surface area contributed by atoms with E-state index < -0.39 is 0 Å². The van der Waals surface area contributed by atoms with Crippen LogP contribution in [0.3, 0.4) is 0 Å². The Labute approximate surface area is 114 Å². The quantitative estimate of drug-likeness (QED) is 0.789. The minimum Gasteiger partial charge on any atom is -0.385 e. The molecule has 1 aromatic carbocycles. The van der Waals surface area contributed by atoms with Crippen LogP contribution in [0.4, 0.5) is 5.69 Å². The molecule has 4 heteroatoms. The van der Waals surface area contributed by atoms with E-state index in [1.807, 2.05) is 12.4 Å². The van der Waals surface area contributed by atoms with E-state index in [0.717, 1.165) is 19.5 Å². The Morgan fingerprint density at radius 3 is 2.83 bits per heavy atom. The molecule has 0 atom stereocenters. The van der Waals surface area contributed by atoms with Crippen LogP contribution in [0.5, 0.6) is 0 Å². The second kappa shape index (κ2) is 7.90. The lowest BCUT2D eigenvalue weighted by Gasteiger charge is -2.09. The number of nitrogens with zero attached hydrogens (tertiary/aromatic N) is 1. The molecule has 0 spiro atoms. The number of nitrogens with one attached hydrogen (secondary N) is 1. The number of aromatic nitrogens is 1. The molecule has 3 nitrogen and oxygen atoms in total. The van der Waals surface area contributed by atoms with Gasteiger partial charge < -0.3 is 11.1 Å². The number of halogens is 1. The van der Waals surface area contributed by atoms with Gasteiger partial charge >= 0.3 is 0 Å². The largest absolute Gasteiger partial charge is 0.385 e. The number of fused-ring (bicyclic) bond motifs is 1. The van der Waals surface area contributed by atoms with E-state index in [4.69, 9.17) is 5.73 Å². The third-order valence-electron chi connectivity index (χ3n) is 2.88. The van der Waals surface area contributed by atoms with E-state index >= 15 is 0 Å². The topological polar surface area (TPSA) is 50.9 Å². The monoisotopic (exact) mass is 265 g/mol. The number of nitrogens with two attached hydrogens (primary N) is 1. The number of anilines is 1. The van der Waals surface area contributed by atoms with Crippen LogP contribution in [0, 0.1) is 0 Å². The van der Waals surface area contributed by atoms with Crippen molar-refractivity contribution in [2.75, 3.05) is 18.4 Å². The highest BCUT2D eigenvalue weighted by atomic mass is 35.5. The molecule has 1 aromatic heterocycles. The molecule has 0 unspecified atom stereocenters. The van der Waals surface area contributed by atoms with Crippen LogP contribution in [-0.2, 0) is 0 Å². The minimum atomic E-state index is 0. The van der Waals surface area contributed by atoms with E-state index in [0.29, 0.717) is 0 Å². The molecule has 0 aliphatic carbocycles. The number of hydrogen-bond acceptors (Lipinski definition) is 3. The number of unbranched alkanes of at least 4 members (excludes halogenated alkanes) is 2. The zero-order valence-electron chi connectivity index (χ0n) is 10.4. The average Bonchev–Trinajstić information content (AvgIpc) is 2.39. The van der Waals surface area contributed by atoms with Gasteiger partial charge in [-0.1, -0.05) is 18.6 Å². The van der Waals surface area contributed by atoms with Crippen LogP contribution in [0.25, 0.3) is 10.8 Å². The van der Waals surface area contributed by atoms with Crippen molar-refractivity contribution in [1.29, 1.82) is 0 Å². The maximum atomic E-state index is 5.47. The van der Waals surface area contributed by atoms with Crippen molar-refractivity contribution in [3.05, 3.63) is 36.7 Å². The fraction of sp³-hybridized carbons (Fsp3) is 0.357. The maximum absolute atomic E-state index is 5.47. The van der Waals surface area contributed by atoms with Gasteiger partial charge in [-0.25, -0.2) is 0 Å². The summed E-state index contributed by atoms with van der Waals surface area (Å²) in [4.78, 5) is 4.13. The molecule has 0 amide bonds. The van der Waals surface area contributed by atoms with Gasteiger partial charge in [-0.2, -0.15) is 0 Å². The van der Waals surface area contributed by atoms with Crippen LogP contribution in [0.2, 0.25) is 0 Å². The molecule has 2 rings (SSSR count). The van der Waals surface area contributed by atoms with Crippen molar-refractivity contribution in [2.45, 2.75) is 19.3 Å². The highest BCUT2D eigenvalue weighted by molar-refractivity contribution is 5.93. The maximum Gasteiger partial charge on any atom is 0.0420 e. The standard InChI is InChI=1S/C14H19N3.ClH/c15-8-2-1-3-9-17-14-6-4-5-12-11-16-10-7-13(12)14;/h4-7,10-11,17H,1-3,8-9,15H2;1H. The molecule has 0 saturated carbocycles. The second-order valence-corrected chi connectivity index (χ2v) is 4.18. The SMILES string of the molecule is Cl.NCCCCCNc1cccc2cnccc12. The van der Waals surface area contributed by atoms with Gasteiger partial charge in [0.25, 0.3) is 0 Å². The van der Waals surface area contributed by atoms with Crippen molar-refractivity contribution in [3.63, 3.8) is 0 Å². The van der Waals surface area contributed by atoms with Crippen LogP contribution in [-0.4, -0.2) is 18.1 Å². The summed E-state index contributed by atoms with van der Waals surface area (Å²) in [7, 11) is 0. The van der Waals surface area contributed by atoms with Gasteiger partial charge in [-0.3, -0.25) is 4.98 Å². The van der Waals surface area contributed by atoms with Crippen molar-refractivity contribution in [3.8, 4) is 0 Å². The van der Waals surface area contributed by atoms with Gasteiger partial charge in [0.05, 0.1) is 0 Å². The molecule has 1 heterocycles. The van der Waals surface area contributed by atoms with Crippen LogP contribution >= 0.6 is 12.4 Å². The highest BCUT2D eigenvalue weighted by Gasteiger charge is 1.99. The van der Waals surface area contributed by atoms with Gasteiger partial charge in [0.15, 0.2) is 0 Å². The lowest BCUT2D eigenvalue weighted by Crippen LogP contribution is -2.04.